The number of carbonyl (C=O) groups is 1. The summed E-state index contributed by atoms with van der Waals surface area (Å²) in [6.45, 7) is 2.89. The van der Waals surface area contributed by atoms with Crippen molar-refractivity contribution in [3.63, 3.8) is 0 Å². The maximum atomic E-state index is 11.9. The summed E-state index contributed by atoms with van der Waals surface area (Å²) < 4.78 is 0. The van der Waals surface area contributed by atoms with E-state index < -0.39 is 0 Å². The number of nitrogens with one attached hydrogen (secondary N) is 2. The van der Waals surface area contributed by atoms with E-state index in [1.165, 1.54) is 0 Å². The van der Waals surface area contributed by atoms with E-state index in [0.717, 1.165) is 25.9 Å². The summed E-state index contributed by atoms with van der Waals surface area (Å²) in [5, 5.41) is 10.5. The lowest BCUT2D eigenvalue weighted by molar-refractivity contribution is 0.0933. The van der Waals surface area contributed by atoms with Crippen LogP contribution in [0.3, 0.4) is 0 Å². The maximum Gasteiger partial charge on any atom is 0.271 e. The standard InChI is InChI=1S/C12H20N6O/c1-18-6-4-9(5-7-18)8-14-12(19)10-2-3-11(15-13)17-16-10/h2-3,9H,4-8,13H2,1H3,(H,14,19)(H,15,17). The summed E-state index contributed by atoms with van der Waals surface area (Å²) in [6, 6.07) is 3.23. The fraction of sp³-hybridized carbons (Fsp3) is 0.583. The van der Waals surface area contributed by atoms with Gasteiger partial charge in [-0.05, 0) is 51.0 Å². The maximum absolute atomic E-state index is 11.9. The molecule has 1 aliphatic rings. The topological polar surface area (TPSA) is 96.2 Å². The van der Waals surface area contributed by atoms with Crippen molar-refractivity contribution in [3.05, 3.63) is 17.8 Å². The highest BCUT2D eigenvalue weighted by Gasteiger charge is 2.17. The molecule has 1 saturated heterocycles. The molecular formula is C12H20N6O. The van der Waals surface area contributed by atoms with Crippen molar-refractivity contribution < 1.29 is 4.79 Å². The molecule has 1 aromatic rings. The minimum atomic E-state index is -0.185. The normalized spacial score (nSPS) is 17.2. The third-order valence-corrected chi connectivity index (χ3v) is 3.43. The van der Waals surface area contributed by atoms with Gasteiger partial charge in [0.15, 0.2) is 11.5 Å². The van der Waals surface area contributed by atoms with Crippen LogP contribution in [-0.2, 0) is 0 Å². The van der Waals surface area contributed by atoms with Gasteiger partial charge in [0.05, 0.1) is 0 Å². The first kappa shape index (κ1) is 13.7. The van der Waals surface area contributed by atoms with Crippen LogP contribution in [0.5, 0.6) is 0 Å². The molecule has 0 bridgehead atoms. The lowest BCUT2D eigenvalue weighted by Gasteiger charge is -2.28. The molecule has 0 unspecified atom stereocenters. The molecule has 1 amide bonds. The van der Waals surface area contributed by atoms with Gasteiger partial charge < -0.3 is 15.6 Å². The molecular weight excluding hydrogens is 244 g/mol. The van der Waals surface area contributed by atoms with Crippen LogP contribution in [0.15, 0.2) is 12.1 Å². The summed E-state index contributed by atoms with van der Waals surface area (Å²) in [6.07, 6.45) is 2.25. The highest BCUT2D eigenvalue weighted by Crippen LogP contribution is 2.14. The minimum Gasteiger partial charge on any atom is -0.350 e. The van der Waals surface area contributed by atoms with Gasteiger partial charge in [-0.25, -0.2) is 5.84 Å². The predicted octanol–water partition coefficient (Wildman–Crippen LogP) is -0.166. The molecule has 2 heterocycles. The lowest BCUT2D eigenvalue weighted by Crippen LogP contribution is -2.37. The van der Waals surface area contributed by atoms with E-state index >= 15 is 0 Å². The van der Waals surface area contributed by atoms with Gasteiger partial charge in [0.25, 0.3) is 5.91 Å². The number of hydrazine groups is 1. The SMILES string of the molecule is CN1CCC(CNC(=O)c2ccc(NN)nn2)CC1. The number of nitrogens with two attached hydrogens (primary N) is 1. The van der Waals surface area contributed by atoms with Crippen LogP contribution in [0.1, 0.15) is 23.3 Å². The van der Waals surface area contributed by atoms with Crippen LogP contribution in [0, 0.1) is 5.92 Å². The number of nitrogen functional groups attached to an aromatic ring is 1. The van der Waals surface area contributed by atoms with Crippen molar-refractivity contribution in [2.24, 2.45) is 11.8 Å². The quantitative estimate of drug-likeness (QED) is 0.516. The highest BCUT2D eigenvalue weighted by molar-refractivity contribution is 5.92. The zero-order valence-electron chi connectivity index (χ0n) is 11.1. The third kappa shape index (κ3) is 3.87. The fourth-order valence-corrected chi connectivity index (χ4v) is 2.12. The number of anilines is 1. The number of rotatable bonds is 4. The van der Waals surface area contributed by atoms with Gasteiger partial charge in [-0.3, -0.25) is 4.79 Å². The summed E-state index contributed by atoms with van der Waals surface area (Å²) in [4.78, 5) is 14.2. The van der Waals surface area contributed by atoms with Gasteiger partial charge >= 0.3 is 0 Å². The van der Waals surface area contributed by atoms with E-state index in [0.29, 0.717) is 24.0 Å². The van der Waals surface area contributed by atoms with Crippen LogP contribution in [0.25, 0.3) is 0 Å². The second kappa shape index (κ2) is 6.44. The zero-order chi connectivity index (χ0) is 13.7. The third-order valence-electron chi connectivity index (χ3n) is 3.43. The van der Waals surface area contributed by atoms with Crippen molar-refractivity contribution >= 4 is 11.7 Å². The van der Waals surface area contributed by atoms with Gasteiger partial charge in [0, 0.05) is 6.54 Å². The summed E-state index contributed by atoms with van der Waals surface area (Å²) in [5.74, 6) is 5.99. The Labute approximate surface area is 112 Å². The first-order valence-corrected chi connectivity index (χ1v) is 6.46. The summed E-state index contributed by atoms with van der Waals surface area (Å²) in [7, 11) is 2.12. The Morgan fingerprint density at radius 2 is 2.16 bits per heavy atom. The summed E-state index contributed by atoms with van der Waals surface area (Å²) in [5.41, 5.74) is 2.68. The second-order valence-electron chi connectivity index (χ2n) is 4.90. The van der Waals surface area contributed by atoms with Crippen molar-refractivity contribution in [2.75, 3.05) is 32.1 Å². The average Bonchev–Trinajstić information content (AvgIpc) is 2.46. The molecule has 4 N–H and O–H groups in total. The number of piperidine rings is 1. The molecule has 7 nitrogen and oxygen atoms in total. The molecule has 0 spiro atoms. The Bertz CT molecular complexity index is 413. The minimum absolute atomic E-state index is 0.185. The molecule has 1 aliphatic heterocycles. The van der Waals surface area contributed by atoms with E-state index in [9.17, 15) is 4.79 Å². The first-order chi connectivity index (χ1) is 9.19. The van der Waals surface area contributed by atoms with E-state index in [-0.39, 0.29) is 5.91 Å². The number of hydrogen-bond acceptors (Lipinski definition) is 6. The lowest BCUT2D eigenvalue weighted by atomic mass is 9.97. The predicted molar refractivity (Wildman–Crippen MR) is 72.4 cm³/mol. The summed E-state index contributed by atoms with van der Waals surface area (Å²) >= 11 is 0. The molecule has 19 heavy (non-hydrogen) atoms. The van der Waals surface area contributed by atoms with Crippen LogP contribution in [0.2, 0.25) is 0 Å². The van der Waals surface area contributed by atoms with Gasteiger partial charge in [-0.2, -0.15) is 0 Å². The molecule has 1 fully saturated rings. The number of nitrogens with zero attached hydrogens (tertiary/aromatic N) is 3. The van der Waals surface area contributed by atoms with Crippen molar-refractivity contribution in [3.8, 4) is 0 Å². The number of amides is 1. The molecule has 7 heteroatoms. The molecule has 2 rings (SSSR count). The Morgan fingerprint density at radius 1 is 1.42 bits per heavy atom. The Hall–Kier alpha value is -1.73. The van der Waals surface area contributed by atoms with Crippen LogP contribution in [0.4, 0.5) is 5.82 Å². The Balaban J connectivity index is 1.80. The first-order valence-electron chi connectivity index (χ1n) is 6.46. The number of likely N-dealkylation sites (tertiary alicyclic amines) is 1. The molecule has 0 radical (unpaired) electrons. The fourth-order valence-electron chi connectivity index (χ4n) is 2.12. The smallest absolute Gasteiger partial charge is 0.271 e. The second-order valence-corrected chi connectivity index (χ2v) is 4.90. The molecule has 1 aromatic heterocycles. The molecule has 0 atom stereocenters. The highest BCUT2D eigenvalue weighted by atomic mass is 16.1. The Kier molecular flexibility index (Phi) is 4.64. The van der Waals surface area contributed by atoms with Crippen LogP contribution < -0.4 is 16.6 Å². The van der Waals surface area contributed by atoms with Crippen molar-refractivity contribution in [2.45, 2.75) is 12.8 Å². The van der Waals surface area contributed by atoms with E-state index in [4.69, 9.17) is 5.84 Å². The average molecular weight is 264 g/mol. The van der Waals surface area contributed by atoms with Gasteiger partial charge in [-0.15, -0.1) is 10.2 Å². The number of hydrogen-bond donors (Lipinski definition) is 3. The van der Waals surface area contributed by atoms with Gasteiger partial charge in [-0.1, -0.05) is 0 Å². The monoisotopic (exact) mass is 264 g/mol. The number of carbonyl (C=O) groups excluding carboxylic acids is 1. The molecule has 104 valence electrons. The van der Waals surface area contributed by atoms with Crippen molar-refractivity contribution in [1.82, 2.24) is 20.4 Å². The van der Waals surface area contributed by atoms with Crippen LogP contribution >= 0.6 is 0 Å². The largest absolute Gasteiger partial charge is 0.350 e. The van der Waals surface area contributed by atoms with Crippen molar-refractivity contribution in [1.29, 1.82) is 0 Å². The van der Waals surface area contributed by atoms with Gasteiger partial charge in [0.1, 0.15) is 0 Å². The van der Waals surface area contributed by atoms with E-state index in [1.807, 2.05) is 0 Å². The molecule has 0 aliphatic carbocycles. The van der Waals surface area contributed by atoms with E-state index in [2.05, 4.69) is 32.9 Å². The molecule has 0 aromatic carbocycles. The Morgan fingerprint density at radius 3 is 2.74 bits per heavy atom. The molecule has 0 saturated carbocycles. The van der Waals surface area contributed by atoms with Gasteiger partial charge in [0.2, 0.25) is 0 Å². The van der Waals surface area contributed by atoms with Crippen LogP contribution in [-0.4, -0.2) is 47.7 Å². The number of aromatic nitrogens is 2. The zero-order valence-corrected chi connectivity index (χ0v) is 11.1. The van der Waals surface area contributed by atoms with E-state index in [1.54, 1.807) is 12.1 Å².